The van der Waals surface area contributed by atoms with Crippen molar-refractivity contribution in [1.29, 1.82) is 0 Å². The molecule has 1 atom stereocenters. The van der Waals surface area contributed by atoms with Gasteiger partial charge in [-0.15, -0.1) is 0 Å². The van der Waals surface area contributed by atoms with Gasteiger partial charge in [0.2, 0.25) is 11.6 Å². The van der Waals surface area contributed by atoms with Crippen LogP contribution in [-0.4, -0.2) is 21.4 Å². The van der Waals surface area contributed by atoms with Gasteiger partial charge in [0, 0.05) is 11.3 Å². The van der Waals surface area contributed by atoms with Gasteiger partial charge in [-0.1, -0.05) is 30.3 Å². The summed E-state index contributed by atoms with van der Waals surface area (Å²) >= 11 is 0. The summed E-state index contributed by atoms with van der Waals surface area (Å²) in [6, 6.07) is 14.2. The van der Waals surface area contributed by atoms with E-state index in [1.807, 2.05) is 18.2 Å². The van der Waals surface area contributed by atoms with E-state index in [-0.39, 0.29) is 17.8 Å². The van der Waals surface area contributed by atoms with Crippen molar-refractivity contribution in [3.05, 3.63) is 64.4 Å². The second-order valence-corrected chi connectivity index (χ2v) is 5.89. The Morgan fingerprint density at radius 2 is 1.76 bits per heavy atom. The summed E-state index contributed by atoms with van der Waals surface area (Å²) in [7, 11) is 0. The van der Waals surface area contributed by atoms with Crippen LogP contribution in [0.1, 0.15) is 5.56 Å². The molecule has 0 saturated heterocycles. The van der Waals surface area contributed by atoms with Gasteiger partial charge in [0.25, 0.3) is 11.5 Å². The number of aliphatic imine (C=N–C) groups is 1. The molecule has 0 saturated carbocycles. The zero-order chi connectivity index (χ0) is 17.2. The standard InChI is InChI=1S/C17H12N6O2/c18-15-21-16-20-13(24)9-5-1-4-8-12(9)23(16)17(22-15)10-6-2-3-7-11(10)19-14(17)25/h1-8H,(H,19,25)(H3,18,20,21,22,24)/t17-/m1/s1. The van der Waals surface area contributed by atoms with Crippen LogP contribution in [-0.2, 0) is 10.5 Å². The number of carbonyl (C=O) groups is 1. The molecule has 8 nitrogen and oxygen atoms in total. The summed E-state index contributed by atoms with van der Waals surface area (Å²) in [5.41, 5.74) is 5.94. The number of guanidine groups is 1. The van der Waals surface area contributed by atoms with Crippen LogP contribution in [0.25, 0.3) is 10.9 Å². The molecule has 0 radical (unpaired) electrons. The summed E-state index contributed by atoms with van der Waals surface area (Å²) in [6.07, 6.45) is 0. The molecule has 1 spiro atoms. The van der Waals surface area contributed by atoms with E-state index < -0.39 is 11.2 Å². The Kier molecular flexibility index (Phi) is 2.44. The number of rotatable bonds is 0. The largest absolute Gasteiger partial charge is 0.370 e. The van der Waals surface area contributed by atoms with Gasteiger partial charge in [-0.25, -0.2) is 4.99 Å². The maximum atomic E-state index is 13.0. The van der Waals surface area contributed by atoms with Crippen molar-refractivity contribution in [3.63, 3.8) is 0 Å². The van der Waals surface area contributed by atoms with Crippen molar-refractivity contribution in [1.82, 2.24) is 9.55 Å². The topological polar surface area (TPSA) is 114 Å². The molecule has 1 aromatic heterocycles. The van der Waals surface area contributed by atoms with Gasteiger partial charge in [-0.05, 0) is 18.2 Å². The molecule has 5 rings (SSSR count). The summed E-state index contributed by atoms with van der Waals surface area (Å²) in [5.74, 6) is -0.146. The zero-order valence-electron chi connectivity index (χ0n) is 12.9. The van der Waals surface area contributed by atoms with Gasteiger partial charge in [0.05, 0.1) is 10.9 Å². The predicted octanol–water partition coefficient (Wildman–Crippen LogP) is 0.790. The highest BCUT2D eigenvalue weighted by molar-refractivity contribution is 6.10. The average molecular weight is 332 g/mol. The van der Waals surface area contributed by atoms with Crippen molar-refractivity contribution in [2.45, 2.75) is 5.66 Å². The molecule has 8 heteroatoms. The first-order chi connectivity index (χ1) is 12.1. The smallest absolute Gasteiger partial charge is 0.282 e. The second kappa shape index (κ2) is 4.44. The number of para-hydroxylation sites is 2. The quantitative estimate of drug-likeness (QED) is 0.563. The fourth-order valence-corrected chi connectivity index (χ4v) is 3.51. The maximum absolute atomic E-state index is 13.0. The number of fused-ring (bicyclic) bond motifs is 6. The van der Waals surface area contributed by atoms with Gasteiger partial charge in [-0.2, -0.15) is 4.98 Å². The van der Waals surface area contributed by atoms with E-state index in [0.29, 0.717) is 22.2 Å². The van der Waals surface area contributed by atoms with Gasteiger partial charge < -0.3 is 11.1 Å². The molecule has 0 bridgehead atoms. The van der Waals surface area contributed by atoms with Crippen LogP contribution in [0.5, 0.6) is 0 Å². The van der Waals surface area contributed by atoms with Crippen molar-refractivity contribution in [3.8, 4) is 0 Å². The van der Waals surface area contributed by atoms with E-state index >= 15 is 0 Å². The molecule has 0 fully saturated rings. The van der Waals surface area contributed by atoms with E-state index in [9.17, 15) is 9.59 Å². The molecule has 4 N–H and O–H groups in total. The summed E-state index contributed by atoms with van der Waals surface area (Å²) < 4.78 is 1.63. The minimum Gasteiger partial charge on any atom is -0.370 e. The normalized spacial score (nSPS) is 20.6. The Balaban J connectivity index is 2.00. The van der Waals surface area contributed by atoms with E-state index in [0.717, 1.165) is 0 Å². The summed E-state index contributed by atoms with van der Waals surface area (Å²) in [4.78, 5) is 33.9. The highest BCUT2D eigenvalue weighted by Gasteiger charge is 2.52. The molecular weight excluding hydrogens is 320 g/mol. The lowest BCUT2D eigenvalue weighted by atomic mass is 9.99. The molecule has 1 amide bonds. The molecule has 0 unspecified atom stereocenters. The van der Waals surface area contributed by atoms with Crippen molar-refractivity contribution in [2.75, 3.05) is 10.6 Å². The number of nitrogens with zero attached hydrogens (tertiary/aromatic N) is 3. The Labute approximate surface area is 141 Å². The van der Waals surface area contributed by atoms with Gasteiger partial charge in [0.1, 0.15) is 0 Å². The van der Waals surface area contributed by atoms with Crippen molar-refractivity contribution in [2.24, 2.45) is 10.7 Å². The first-order valence-electron chi connectivity index (χ1n) is 7.67. The minimum absolute atomic E-state index is 0.0223. The van der Waals surface area contributed by atoms with Gasteiger partial charge in [-0.3, -0.25) is 19.5 Å². The van der Waals surface area contributed by atoms with Gasteiger partial charge in [0.15, 0.2) is 5.96 Å². The van der Waals surface area contributed by atoms with Crippen LogP contribution < -0.4 is 21.9 Å². The fourth-order valence-electron chi connectivity index (χ4n) is 3.51. The van der Waals surface area contributed by atoms with Crippen LogP contribution >= 0.6 is 0 Å². The molecule has 3 heterocycles. The lowest BCUT2D eigenvalue weighted by molar-refractivity contribution is -0.121. The molecular formula is C17H12N6O2. The number of hydrogen-bond acceptors (Lipinski definition) is 6. The van der Waals surface area contributed by atoms with Crippen molar-refractivity contribution < 1.29 is 4.79 Å². The molecule has 2 aliphatic rings. The van der Waals surface area contributed by atoms with Gasteiger partial charge >= 0.3 is 0 Å². The monoisotopic (exact) mass is 332 g/mol. The van der Waals surface area contributed by atoms with Crippen LogP contribution in [0.2, 0.25) is 0 Å². The number of carbonyl (C=O) groups excluding carboxylic acids is 1. The number of nitrogens with two attached hydrogens (primary N) is 1. The number of aromatic nitrogens is 2. The Morgan fingerprint density at radius 1 is 1.00 bits per heavy atom. The third-order valence-corrected chi connectivity index (χ3v) is 4.51. The summed E-state index contributed by atoms with van der Waals surface area (Å²) in [5, 5.41) is 6.04. The number of anilines is 2. The van der Waals surface area contributed by atoms with Crippen LogP contribution in [0.3, 0.4) is 0 Å². The number of nitrogens with one attached hydrogen (secondary N) is 2. The predicted molar refractivity (Wildman–Crippen MR) is 93.4 cm³/mol. The van der Waals surface area contributed by atoms with E-state index in [1.165, 1.54) is 0 Å². The van der Waals surface area contributed by atoms with Crippen molar-refractivity contribution >= 4 is 34.4 Å². The molecule has 25 heavy (non-hydrogen) atoms. The lowest BCUT2D eigenvalue weighted by Gasteiger charge is -2.33. The highest BCUT2D eigenvalue weighted by atomic mass is 16.2. The SMILES string of the molecule is NC1=N[C@@]2(C(=O)Nc3ccccc32)n2c(nc(=O)c3ccccc32)N1. The Bertz CT molecular complexity index is 1170. The minimum atomic E-state index is -1.44. The molecule has 122 valence electrons. The third-order valence-electron chi connectivity index (χ3n) is 4.51. The zero-order valence-corrected chi connectivity index (χ0v) is 12.9. The van der Waals surface area contributed by atoms with Crippen LogP contribution in [0.4, 0.5) is 11.6 Å². The summed E-state index contributed by atoms with van der Waals surface area (Å²) in [6.45, 7) is 0. The maximum Gasteiger partial charge on any atom is 0.282 e. The van der Waals surface area contributed by atoms with E-state index in [2.05, 4.69) is 20.6 Å². The first kappa shape index (κ1) is 13.7. The van der Waals surface area contributed by atoms with E-state index in [4.69, 9.17) is 5.73 Å². The number of amides is 1. The molecule has 2 aromatic carbocycles. The average Bonchev–Trinajstić information content (AvgIpc) is 2.87. The molecule has 3 aromatic rings. The Morgan fingerprint density at radius 3 is 2.64 bits per heavy atom. The Hall–Kier alpha value is -3.68. The number of hydrogen-bond donors (Lipinski definition) is 3. The fraction of sp³-hybridized carbons (Fsp3) is 0.0588. The van der Waals surface area contributed by atoms with E-state index in [1.54, 1.807) is 34.9 Å². The molecule has 2 aliphatic heterocycles. The van der Waals surface area contributed by atoms with Crippen LogP contribution in [0.15, 0.2) is 58.3 Å². The van der Waals surface area contributed by atoms with Crippen LogP contribution in [0, 0.1) is 0 Å². The number of benzene rings is 2. The second-order valence-electron chi connectivity index (χ2n) is 5.89. The third kappa shape index (κ3) is 1.60. The lowest BCUT2D eigenvalue weighted by Crippen LogP contribution is -2.49. The highest BCUT2D eigenvalue weighted by Crippen LogP contribution is 2.44. The molecule has 0 aliphatic carbocycles. The first-order valence-corrected chi connectivity index (χ1v) is 7.67.